The molecule has 2 rings (SSSR count). The van der Waals surface area contributed by atoms with Gasteiger partial charge in [-0.05, 0) is 31.6 Å². The monoisotopic (exact) mass is 358 g/mol. The van der Waals surface area contributed by atoms with Crippen LogP contribution in [-0.2, 0) is 16.0 Å². The van der Waals surface area contributed by atoms with Crippen molar-refractivity contribution in [2.45, 2.75) is 26.5 Å². The van der Waals surface area contributed by atoms with Gasteiger partial charge in [-0.2, -0.15) is 0 Å². The first-order valence-electron chi connectivity index (χ1n) is 8.15. The molecule has 2 amide bonds. The fourth-order valence-corrected chi connectivity index (χ4v) is 2.84. The lowest BCUT2D eigenvalue weighted by atomic mass is 10.0. The zero-order valence-electron chi connectivity index (χ0n) is 15.3. The number of amides is 2. The molecule has 7 heteroatoms. The number of nitroso groups, excluding NO2 is 1. The second-order valence-electron chi connectivity index (χ2n) is 6.06. The number of rotatable bonds is 7. The minimum atomic E-state index is -0.925. The second kappa shape index (κ2) is 8.53. The van der Waals surface area contributed by atoms with Gasteiger partial charge in [-0.25, -0.2) is 0 Å². The number of fused-ring (bicyclic) bond motifs is 1. The highest BCUT2D eigenvalue weighted by molar-refractivity contribution is 6.09. The number of carbonyl (C=O) groups excluding carboxylic acids is 2. The second-order valence-corrected chi connectivity index (χ2v) is 6.06. The van der Waals surface area contributed by atoms with E-state index in [0.29, 0.717) is 18.8 Å². The van der Waals surface area contributed by atoms with Gasteiger partial charge in [0.15, 0.2) is 0 Å². The molecule has 1 aliphatic rings. The summed E-state index contributed by atoms with van der Waals surface area (Å²) in [5.41, 5.74) is 1.98. The molecule has 1 aliphatic heterocycles. The predicted octanol–water partition coefficient (Wildman–Crippen LogP) is 3.06. The van der Waals surface area contributed by atoms with Crippen LogP contribution in [0.5, 0.6) is 0 Å². The van der Waals surface area contributed by atoms with E-state index >= 15 is 0 Å². The van der Waals surface area contributed by atoms with Crippen LogP contribution >= 0.6 is 0 Å². The maximum Gasteiger partial charge on any atom is 0.317 e. The highest BCUT2D eigenvalue weighted by atomic mass is 16.5. The molecule has 1 aromatic carbocycles. The van der Waals surface area contributed by atoms with E-state index in [1.54, 1.807) is 31.3 Å². The van der Waals surface area contributed by atoms with Crippen LogP contribution in [0, 0.1) is 4.91 Å². The van der Waals surface area contributed by atoms with Crippen LogP contribution in [0.4, 0.5) is 0 Å². The Kier molecular flexibility index (Phi) is 6.41. The molecule has 1 atom stereocenters. The first-order chi connectivity index (χ1) is 12.4. The average Bonchev–Trinajstić information content (AvgIpc) is 2.96. The zero-order chi connectivity index (χ0) is 19.3. The summed E-state index contributed by atoms with van der Waals surface area (Å²) < 4.78 is 10.5. The summed E-state index contributed by atoms with van der Waals surface area (Å²) >= 11 is 0. The summed E-state index contributed by atoms with van der Waals surface area (Å²) in [4.78, 5) is 36.5. The maximum absolute atomic E-state index is 12.7. The molecule has 1 aromatic rings. The molecule has 138 valence electrons. The number of hydrogen-bond acceptors (Lipinski definition) is 5. The van der Waals surface area contributed by atoms with Gasteiger partial charge in [0.2, 0.25) is 0 Å². The average molecular weight is 358 g/mol. The van der Waals surface area contributed by atoms with Crippen LogP contribution in [-0.4, -0.2) is 43.6 Å². The van der Waals surface area contributed by atoms with Crippen LogP contribution in [0.25, 0.3) is 0 Å². The van der Waals surface area contributed by atoms with Gasteiger partial charge in [-0.3, -0.25) is 9.59 Å². The first kappa shape index (κ1) is 19.5. The largest absolute Gasteiger partial charge is 0.498 e. The normalized spacial score (nSPS) is 15.7. The third-order valence-electron chi connectivity index (χ3n) is 4.29. The van der Waals surface area contributed by atoms with Crippen molar-refractivity contribution in [3.05, 3.63) is 63.3 Å². The van der Waals surface area contributed by atoms with Gasteiger partial charge in [-0.1, -0.05) is 23.8 Å². The van der Waals surface area contributed by atoms with Crippen molar-refractivity contribution in [2.75, 3.05) is 20.8 Å². The molecule has 26 heavy (non-hydrogen) atoms. The highest BCUT2D eigenvalue weighted by Gasteiger charge is 2.31. The van der Waals surface area contributed by atoms with Gasteiger partial charge in [0.05, 0.1) is 18.2 Å². The first-order valence-corrected chi connectivity index (χ1v) is 8.15. The summed E-state index contributed by atoms with van der Waals surface area (Å²) in [6.45, 7) is 4.55. The lowest BCUT2D eigenvalue weighted by molar-refractivity contribution is 0.0787. The number of methoxy groups -OCH3 is 2. The predicted molar refractivity (Wildman–Crippen MR) is 96.6 cm³/mol. The van der Waals surface area contributed by atoms with Gasteiger partial charge in [0.25, 0.3) is 5.91 Å². The molecule has 0 spiro atoms. The Morgan fingerprint density at radius 3 is 2.69 bits per heavy atom. The molecule has 0 aliphatic carbocycles. The summed E-state index contributed by atoms with van der Waals surface area (Å²) in [5.74, 6) is -0.528. The van der Waals surface area contributed by atoms with Gasteiger partial charge in [0, 0.05) is 25.4 Å². The van der Waals surface area contributed by atoms with Crippen molar-refractivity contribution in [2.24, 2.45) is 5.18 Å². The number of hydrogen-bond donors (Lipinski definition) is 0. The molecule has 0 saturated carbocycles. The smallest absolute Gasteiger partial charge is 0.317 e. The van der Waals surface area contributed by atoms with Crippen molar-refractivity contribution in [3.63, 3.8) is 0 Å². The number of carbonyl (C=O) groups is 2. The lowest BCUT2D eigenvalue weighted by Gasteiger charge is -2.16. The number of benzene rings is 1. The summed E-state index contributed by atoms with van der Waals surface area (Å²) in [6, 6.07) is 4.87. The number of ether oxygens (including phenoxy) is 2. The third-order valence-corrected chi connectivity index (χ3v) is 4.29. The topological polar surface area (TPSA) is 85.3 Å². The van der Waals surface area contributed by atoms with E-state index in [9.17, 15) is 14.5 Å². The minimum absolute atomic E-state index is 0.0575. The van der Waals surface area contributed by atoms with E-state index < -0.39 is 5.91 Å². The van der Waals surface area contributed by atoms with E-state index in [1.807, 2.05) is 26.0 Å². The Bertz CT molecular complexity index is 782. The minimum Gasteiger partial charge on any atom is -0.498 e. The molecule has 0 radical (unpaired) electrons. The fraction of sp³-hybridized carbons (Fsp3) is 0.368. The molecule has 7 nitrogen and oxygen atoms in total. The molecule has 0 aromatic heterocycles. The van der Waals surface area contributed by atoms with E-state index in [4.69, 9.17) is 9.47 Å². The van der Waals surface area contributed by atoms with Gasteiger partial charge in [-0.15, -0.1) is 4.91 Å². The molecular formula is C19H22N2O5. The van der Waals surface area contributed by atoms with Gasteiger partial charge < -0.3 is 14.4 Å². The van der Waals surface area contributed by atoms with Crippen LogP contribution in [0.2, 0.25) is 0 Å². The number of allylic oxidation sites excluding steroid dienone is 2. The van der Waals surface area contributed by atoms with Crippen molar-refractivity contribution in [1.82, 2.24) is 4.90 Å². The van der Waals surface area contributed by atoms with Crippen molar-refractivity contribution < 1.29 is 19.1 Å². The van der Waals surface area contributed by atoms with E-state index in [-0.39, 0.29) is 23.1 Å². The Morgan fingerprint density at radius 2 is 2.08 bits per heavy atom. The van der Waals surface area contributed by atoms with Crippen LogP contribution in [0.1, 0.15) is 40.1 Å². The fourth-order valence-electron chi connectivity index (χ4n) is 2.84. The van der Waals surface area contributed by atoms with Gasteiger partial charge in [0.1, 0.15) is 11.9 Å². The maximum atomic E-state index is 12.7. The number of nitrogens with zero attached hydrogens (tertiary/aromatic N) is 2. The van der Waals surface area contributed by atoms with Crippen LogP contribution in [0.3, 0.4) is 0 Å². The lowest BCUT2D eigenvalue weighted by Crippen LogP contribution is -2.26. The van der Waals surface area contributed by atoms with Crippen LogP contribution in [0.15, 0.2) is 46.9 Å². The summed E-state index contributed by atoms with van der Waals surface area (Å²) in [5, 5.41) is 2.43. The van der Waals surface area contributed by atoms with E-state index in [1.165, 1.54) is 6.07 Å². The molecule has 0 fully saturated rings. The Labute approximate surface area is 152 Å². The molecule has 0 N–H and O–H groups in total. The van der Waals surface area contributed by atoms with Crippen LogP contribution < -0.4 is 0 Å². The summed E-state index contributed by atoms with van der Waals surface area (Å²) in [6.07, 6.45) is 3.50. The van der Waals surface area contributed by atoms with Crippen molar-refractivity contribution >= 4 is 11.8 Å². The molecule has 1 unspecified atom stereocenters. The molecule has 0 bridgehead atoms. The zero-order valence-corrected chi connectivity index (χ0v) is 15.3. The van der Waals surface area contributed by atoms with Gasteiger partial charge >= 0.3 is 5.91 Å². The van der Waals surface area contributed by atoms with E-state index in [2.05, 4.69) is 5.18 Å². The summed E-state index contributed by atoms with van der Waals surface area (Å²) in [7, 11) is 3.17. The Hall–Kier alpha value is -2.80. The Balaban J connectivity index is 2.18. The SMILES string of the molecule is CO/C(=C/C=C(\C)CN1Cc2cccc(C(=O)N=O)c2C1=O)C(C)OC. The highest BCUT2D eigenvalue weighted by Crippen LogP contribution is 2.27. The quantitative estimate of drug-likeness (QED) is 0.425. The van der Waals surface area contributed by atoms with E-state index in [0.717, 1.165) is 11.1 Å². The third kappa shape index (κ3) is 4.05. The van der Waals surface area contributed by atoms with Crippen molar-refractivity contribution in [3.8, 4) is 0 Å². The molecule has 0 saturated heterocycles. The molecule has 1 heterocycles. The Morgan fingerprint density at radius 1 is 1.35 bits per heavy atom. The van der Waals surface area contributed by atoms with Crippen molar-refractivity contribution in [1.29, 1.82) is 0 Å². The molecular weight excluding hydrogens is 336 g/mol. The standard InChI is InChI=1S/C19H22N2O5/c1-12(8-9-16(26-4)13(2)25-3)10-21-11-14-6-5-7-15(18(22)20-24)17(14)19(21)23/h5-9,13H,10-11H2,1-4H3/b12-8+,16-9+.